The zero-order valence-electron chi connectivity index (χ0n) is 19.1. The van der Waals surface area contributed by atoms with Crippen molar-refractivity contribution >= 4 is 32.8 Å². The molecule has 180 valence electrons. The van der Waals surface area contributed by atoms with Crippen LogP contribution in [-0.4, -0.2) is 61.8 Å². The maximum atomic E-state index is 13.1. The van der Waals surface area contributed by atoms with Crippen LogP contribution in [0, 0.1) is 11.3 Å². The monoisotopic (exact) mass is 500 g/mol. The number of hydrogen-bond donors (Lipinski definition) is 0. The third kappa shape index (κ3) is 5.62. The number of fused-ring (bicyclic) bond motifs is 1. The number of nitriles is 1. The van der Waals surface area contributed by atoms with Gasteiger partial charge in [-0.05, 0) is 49.2 Å². The number of imidazole rings is 1. The first-order valence-electron chi connectivity index (χ1n) is 11.3. The topological polar surface area (TPSA) is 97.4 Å². The fourth-order valence-electron chi connectivity index (χ4n) is 3.86. The van der Waals surface area contributed by atoms with Crippen LogP contribution in [0.2, 0.25) is 0 Å². The first kappa shape index (κ1) is 24.7. The Morgan fingerprint density at radius 3 is 2.79 bits per heavy atom. The Labute approximate surface area is 204 Å². The van der Waals surface area contributed by atoms with Crippen molar-refractivity contribution in [1.29, 1.82) is 5.26 Å². The highest BCUT2D eigenvalue weighted by atomic mass is 32.2. The van der Waals surface area contributed by atoms with Crippen LogP contribution in [-0.2, 0) is 31.8 Å². The summed E-state index contributed by atoms with van der Waals surface area (Å²) in [6, 6.07) is 14.9. The van der Waals surface area contributed by atoms with Gasteiger partial charge in [-0.3, -0.25) is 0 Å². The van der Waals surface area contributed by atoms with Gasteiger partial charge in [0.05, 0.1) is 40.8 Å². The lowest BCUT2D eigenvalue weighted by molar-refractivity contribution is 0.0730. The van der Waals surface area contributed by atoms with E-state index in [0.717, 1.165) is 22.7 Å². The lowest BCUT2D eigenvalue weighted by atomic mass is 10.2. The van der Waals surface area contributed by atoms with Crippen molar-refractivity contribution in [3.8, 4) is 6.07 Å². The number of morpholine rings is 1. The second-order valence-electron chi connectivity index (χ2n) is 7.86. The van der Waals surface area contributed by atoms with Gasteiger partial charge in [0.1, 0.15) is 0 Å². The van der Waals surface area contributed by atoms with Crippen LogP contribution in [0.3, 0.4) is 0 Å². The van der Waals surface area contributed by atoms with E-state index in [4.69, 9.17) is 19.7 Å². The number of nitrogens with zero attached hydrogens (tertiary/aromatic N) is 4. The van der Waals surface area contributed by atoms with Gasteiger partial charge < -0.3 is 14.0 Å². The number of ether oxygens (including phenoxy) is 2. The van der Waals surface area contributed by atoms with Gasteiger partial charge in [-0.2, -0.15) is 9.57 Å². The first-order valence-corrected chi connectivity index (χ1v) is 13.7. The van der Waals surface area contributed by atoms with E-state index in [1.54, 1.807) is 30.0 Å². The molecule has 0 atom stereocenters. The second-order valence-corrected chi connectivity index (χ2v) is 10.7. The Kier molecular flexibility index (Phi) is 8.24. The Balaban J connectivity index is 1.63. The van der Waals surface area contributed by atoms with Crippen LogP contribution in [0.15, 0.2) is 52.5 Å². The number of thioether (sulfide) groups is 1. The van der Waals surface area contributed by atoms with Gasteiger partial charge in [-0.15, -0.1) is 0 Å². The molecule has 0 aliphatic carbocycles. The quantitative estimate of drug-likeness (QED) is 0.310. The van der Waals surface area contributed by atoms with E-state index in [9.17, 15) is 8.42 Å². The summed E-state index contributed by atoms with van der Waals surface area (Å²) in [5.74, 6) is 0.656. The van der Waals surface area contributed by atoms with Crippen molar-refractivity contribution in [1.82, 2.24) is 13.9 Å². The molecule has 1 fully saturated rings. The maximum Gasteiger partial charge on any atom is 0.243 e. The molecule has 0 unspecified atom stereocenters. The lowest BCUT2D eigenvalue weighted by Gasteiger charge is -2.26. The molecule has 8 nitrogen and oxygen atoms in total. The molecular weight excluding hydrogens is 472 g/mol. The molecule has 1 saturated heterocycles. The third-order valence-electron chi connectivity index (χ3n) is 5.59. The third-order valence-corrected chi connectivity index (χ3v) is 8.53. The predicted octanol–water partition coefficient (Wildman–Crippen LogP) is 3.65. The summed E-state index contributed by atoms with van der Waals surface area (Å²) in [5.41, 5.74) is 3.21. The van der Waals surface area contributed by atoms with E-state index in [2.05, 4.69) is 10.6 Å². The number of sulfonamides is 1. The molecule has 4 rings (SSSR count). The summed E-state index contributed by atoms with van der Waals surface area (Å²) in [5, 5.41) is 9.98. The number of aryl methyl sites for hydroxylation is 1. The van der Waals surface area contributed by atoms with Crippen molar-refractivity contribution in [3.05, 3.63) is 53.6 Å². The molecular formula is C24H28N4O4S2. The van der Waals surface area contributed by atoms with Gasteiger partial charge in [-0.25, -0.2) is 13.4 Å². The zero-order chi connectivity index (χ0) is 24.0. The molecule has 0 bridgehead atoms. The molecule has 34 heavy (non-hydrogen) atoms. The van der Waals surface area contributed by atoms with Crippen LogP contribution < -0.4 is 0 Å². The van der Waals surface area contributed by atoms with Gasteiger partial charge in [0, 0.05) is 38.6 Å². The molecule has 0 saturated carbocycles. The van der Waals surface area contributed by atoms with E-state index in [1.807, 2.05) is 31.2 Å². The molecule has 1 aliphatic rings. The van der Waals surface area contributed by atoms with E-state index in [1.165, 1.54) is 4.31 Å². The van der Waals surface area contributed by atoms with Gasteiger partial charge in [0.15, 0.2) is 5.16 Å². The number of rotatable bonds is 10. The molecule has 0 spiro atoms. The van der Waals surface area contributed by atoms with Crippen molar-refractivity contribution in [2.45, 2.75) is 35.7 Å². The fraction of sp³-hybridized carbons (Fsp3) is 0.417. The summed E-state index contributed by atoms with van der Waals surface area (Å²) in [7, 11) is -3.60. The van der Waals surface area contributed by atoms with Crippen molar-refractivity contribution < 1.29 is 17.9 Å². The molecule has 2 aromatic carbocycles. The van der Waals surface area contributed by atoms with Crippen LogP contribution in [0.5, 0.6) is 0 Å². The first-order chi connectivity index (χ1) is 16.5. The number of benzene rings is 2. The predicted molar refractivity (Wildman–Crippen MR) is 131 cm³/mol. The van der Waals surface area contributed by atoms with Crippen molar-refractivity contribution in [2.24, 2.45) is 0 Å². The van der Waals surface area contributed by atoms with Crippen molar-refractivity contribution in [3.63, 3.8) is 0 Å². The summed E-state index contributed by atoms with van der Waals surface area (Å²) >= 11 is 1.58. The Morgan fingerprint density at radius 1 is 1.21 bits per heavy atom. The highest BCUT2D eigenvalue weighted by molar-refractivity contribution is 7.98. The van der Waals surface area contributed by atoms with Crippen LogP contribution in [0.4, 0.5) is 0 Å². The average molecular weight is 501 g/mol. The van der Waals surface area contributed by atoms with Gasteiger partial charge in [0.25, 0.3) is 0 Å². The highest BCUT2D eigenvalue weighted by Gasteiger charge is 2.27. The summed E-state index contributed by atoms with van der Waals surface area (Å²) in [4.78, 5) is 5.05. The van der Waals surface area contributed by atoms with E-state index >= 15 is 0 Å². The fourth-order valence-corrected chi connectivity index (χ4v) is 6.27. The Hall–Kier alpha value is -2.42. The van der Waals surface area contributed by atoms with E-state index in [0.29, 0.717) is 62.9 Å². The van der Waals surface area contributed by atoms with E-state index < -0.39 is 10.0 Å². The van der Waals surface area contributed by atoms with Crippen molar-refractivity contribution in [2.75, 3.05) is 39.5 Å². The van der Waals surface area contributed by atoms with Gasteiger partial charge in [-0.1, -0.05) is 23.9 Å². The normalized spacial score (nSPS) is 14.9. The molecule has 1 aromatic heterocycles. The number of hydrogen-bond acceptors (Lipinski definition) is 7. The average Bonchev–Trinajstić information content (AvgIpc) is 3.22. The zero-order valence-corrected chi connectivity index (χ0v) is 20.8. The summed E-state index contributed by atoms with van der Waals surface area (Å²) < 4.78 is 40.6. The minimum atomic E-state index is -3.60. The Morgan fingerprint density at radius 2 is 2.03 bits per heavy atom. The smallest absolute Gasteiger partial charge is 0.243 e. The highest BCUT2D eigenvalue weighted by Crippen LogP contribution is 2.29. The molecule has 3 aromatic rings. The van der Waals surface area contributed by atoms with Crippen LogP contribution in [0.25, 0.3) is 11.0 Å². The number of aromatic nitrogens is 2. The van der Waals surface area contributed by atoms with Crippen LogP contribution >= 0.6 is 11.8 Å². The van der Waals surface area contributed by atoms with Crippen LogP contribution in [0.1, 0.15) is 24.5 Å². The minimum Gasteiger partial charge on any atom is -0.382 e. The molecule has 0 N–H and O–H groups in total. The molecule has 1 aliphatic heterocycles. The lowest BCUT2D eigenvalue weighted by Crippen LogP contribution is -2.40. The molecule has 2 heterocycles. The molecule has 0 radical (unpaired) electrons. The SMILES string of the molecule is CCOCCCn1c(SCc2cccc(C#N)c2)nc2cc(S(=O)(=O)N3CCOCC3)ccc21. The summed E-state index contributed by atoms with van der Waals surface area (Å²) in [6.45, 7) is 5.53. The van der Waals surface area contributed by atoms with E-state index in [-0.39, 0.29) is 4.90 Å². The standard InChI is InChI=1S/C24H28N4O4S2/c1-2-31-12-4-9-28-23-8-7-21(34(29,30)27-10-13-32-14-11-27)16-22(23)26-24(28)33-18-20-6-3-5-19(15-20)17-25/h3,5-8,15-16H,2,4,9-14,18H2,1H3. The molecule has 0 amide bonds. The van der Waals surface area contributed by atoms with Gasteiger partial charge in [0.2, 0.25) is 10.0 Å². The Bertz CT molecular complexity index is 1280. The second kappa shape index (κ2) is 11.3. The minimum absolute atomic E-state index is 0.249. The van der Waals surface area contributed by atoms with Gasteiger partial charge >= 0.3 is 0 Å². The maximum absolute atomic E-state index is 13.1. The molecule has 10 heteroatoms. The summed E-state index contributed by atoms with van der Waals surface area (Å²) in [6.07, 6.45) is 0.824. The largest absolute Gasteiger partial charge is 0.382 e.